The van der Waals surface area contributed by atoms with Gasteiger partial charge < -0.3 is 4.57 Å². The molecule has 21 heavy (non-hydrogen) atoms. The summed E-state index contributed by atoms with van der Waals surface area (Å²) in [5, 5.41) is 5.31. The maximum atomic E-state index is 4.45. The molecule has 1 aromatic heterocycles. The van der Waals surface area contributed by atoms with Crippen molar-refractivity contribution in [1.82, 2.24) is 9.99 Å². The molecule has 0 fully saturated rings. The first kappa shape index (κ1) is 17.6. The number of halogens is 1. The molecular formula is C15H21ClN4S. The van der Waals surface area contributed by atoms with Gasteiger partial charge in [0, 0.05) is 29.2 Å². The average molecular weight is 325 g/mol. The van der Waals surface area contributed by atoms with E-state index in [9.17, 15) is 0 Å². The van der Waals surface area contributed by atoms with Crippen LogP contribution >= 0.6 is 24.2 Å². The fourth-order valence-electron chi connectivity index (χ4n) is 2.19. The lowest BCUT2D eigenvalue weighted by Crippen LogP contribution is -2.25. The van der Waals surface area contributed by atoms with Crippen molar-refractivity contribution in [3.63, 3.8) is 0 Å². The molecule has 1 aliphatic heterocycles. The van der Waals surface area contributed by atoms with E-state index < -0.39 is 0 Å². The van der Waals surface area contributed by atoms with Crippen molar-refractivity contribution in [2.45, 2.75) is 20.4 Å². The highest BCUT2D eigenvalue weighted by Gasteiger charge is 2.17. The van der Waals surface area contributed by atoms with Crippen LogP contribution in [0.3, 0.4) is 0 Å². The number of aliphatic imine (C=N–C) groups is 1. The van der Waals surface area contributed by atoms with Gasteiger partial charge in [0.1, 0.15) is 0 Å². The van der Waals surface area contributed by atoms with E-state index in [0.29, 0.717) is 6.54 Å². The van der Waals surface area contributed by atoms with E-state index in [1.807, 2.05) is 6.08 Å². The molecular weight excluding hydrogens is 304 g/mol. The van der Waals surface area contributed by atoms with Gasteiger partial charge in [-0.3, -0.25) is 10.4 Å². The summed E-state index contributed by atoms with van der Waals surface area (Å²) in [6, 6.07) is 2.19. The highest BCUT2D eigenvalue weighted by atomic mass is 35.5. The van der Waals surface area contributed by atoms with Crippen LogP contribution in [0.25, 0.3) is 0 Å². The van der Waals surface area contributed by atoms with E-state index in [2.05, 4.69) is 53.2 Å². The van der Waals surface area contributed by atoms with Gasteiger partial charge in [0.2, 0.25) is 0 Å². The molecule has 0 unspecified atom stereocenters. The van der Waals surface area contributed by atoms with Gasteiger partial charge in [0.05, 0.1) is 12.3 Å². The quantitative estimate of drug-likeness (QED) is 0.844. The third-order valence-electron chi connectivity index (χ3n) is 3.19. The number of hydrazone groups is 1. The number of nitrogens with one attached hydrogen (secondary N) is 1. The first-order valence-corrected chi connectivity index (χ1v) is 7.54. The predicted octanol–water partition coefficient (Wildman–Crippen LogP) is 3.30. The number of nitrogens with zero attached hydrogens (tertiary/aromatic N) is 3. The van der Waals surface area contributed by atoms with Crippen LogP contribution in [0.15, 0.2) is 41.5 Å². The molecule has 0 saturated heterocycles. The summed E-state index contributed by atoms with van der Waals surface area (Å²) >= 11 is 1.67. The van der Waals surface area contributed by atoms with Crippen LogP contribution in [0.4, 0.5) is 0 Å². The molecule has 6 heteroatoms. The molecule has 2 rings (SSSR count). The van der Waals surface area contributed by atoms with E-state index in [4.69, 9.17) is 0 Å². The summed E-state index contributed by atoms with van der Waals surface area (Å²) in [5.74, 6) is 0.835. The third-order valence-corrected chi connectivity index (χ3v) is 4.10. The summed E-state index contributed by atoms with van der Waals surface area (Å²) in [5.41, 5.74) is 7.75. The Morgan fingerprint density at radius 3 is 2.76 bits per heavy atom. The van der Waals surface area contributed by atoms with Crippen molar-refractivity contribution in [3.8, 4) is 0 Å². The fraction of sp³-hybridized carbons (Fsp3) is 0.333. The number of hydrogen-bond donors (Lipinski definition) is 1. The Labute approximate surface area is 136 Å². The fourth-order valence-corrected chi connectivity index (χ4v) is 2.96. The van der Waals surface area contributed by atoms with Crippen LogP contribution in [-0.2, 0) is 6.54 Å². The smallest absolute Gasteiger partial charge is 0.177 e. The van der Waals surface area contributed by atoms with E-state index in [1.165, 1.54) is 17.0 Å². The zero-order valence-electron chi connectivity index (χ0n) is 12.4. The van der Waals surface area contributed by atoms with Crippen molar-refractivity contribution in [2.24, 2.45) is 10.1 Å². The molecule has 0 aliphatic carbocycles. The molecule has 4 nitrogen and oxygen atoms in total. The van der Waals surface area contributed by atoms with Crippen LogP contribution in [0.1, 0.15) is 17.0 Å². The minimum absolute atomic E-state index is 0. The van der Waals surface area contributed by atoms with Gasteiger partial charge >= 0.3 is 0 Å². The molecule has 0 radical (unpaired) electrons. The molecule has 0 spiro atoms. The maximum Gasteiger partial charge on any atom is 0.177 e. The van der Waals surface area contributed by atoms with Gasteiger partial charge in [-0.05, 0) is 19.9 Å². The number of allylic oxidation sites excluding steroid dienone is 1. The highest BCUT2D eigenvalue weighted by molar-refractivity contribution is 8.14. The Morgan fingerprint density at radius 2 is 2.19 bits per heavy atom. The van der Waals surface area contributed by atoms with Gasteiger partial charge in [-0.15, -0.1) is 25.6 Å². The van der Waals surface area contributed by atoms with Crippen molar-refractivity contribution >= 4 is 35.0 Å². The molecule has 2 heterocycles. The first-order chi connectivity index (χ1) is 9.67. The second-order valence-electron chi connectivity index (χ2n) is 4.58. The largest absolute Gasteiger partial charge is 0.345 e. The lowest BCUT2D eigenvalue weighted by atomic mass is 10.1. The zero-order chi connectivity index (χ0) is 14.5. The van der Waals surface area contributed by atoms with Gasteiger partial charge in [0.25, 0.3) is 0 Å². The molecule has 1 aliphatic rings. The number of aryl methyl sites for hydroxylation is 1. The molecule has 0 saturated carbocycles. The molecule has 0 amide bonds. The third kappa shape index (κ3) is 4.02. The standard InChI is InChI=1S/C15H20N4S.ClH/c1-5-7-16-15-18-17-14(10-20-15)13-9-11(3)19(8-6-2)12(13)4;/h5-6,9H,1-2,7-8,10H2,3-4H3,(H,16,18);1H. The normalized spacial score (nSPS) is 15.9. The van der Waals surface area contributed by atoms with Gasteiger partial charge in [0.15, 0.2) is 5.17 Å². The second-order valence-corrected chi connectivity index (χ2v) is 5.54. The highest BCUT2D eigenvalue weighted by Crippen LogP contribution is 2.20. The molecule has 1 aromatic rings. The topological polar surface area (TPSA) is 41.7 Å². The molecule has 1 N–H and O–H groups in total. The van der Waals surface area contributed by atoms with Crippen LogP contribution < -0.4 is 5.43 Å². The Balaban J connectivity index is 0.00000220. The second kappa shape index (κ2) is 8.10. The van der Waals surface area contributed by atoms with Crippen molar-refractivity contribution in [2.75, 3.05) is 12.3 Å². The number of amidine groups is 1. The van der Waals surface area contributed by atoms with Crippen molar-refractivity contribution in [1.29, 1.82) is 0 Å². The van der Waals surface area contributed by atoms with Crippen LogP contribution in [0.2, 0.25) is 0 Å². The number of thioether (sulfide) groups is 1. The van der Waals surface area contributed by atoms with E-state index in [1.54, 1.807) is 17.8 Å². The van der Waals surface area contributed by atoms with E-state index in [-0.39, 0.29) is 12.4 Å². The minimum Gasteiger partial charge on any atom is -0.345 e. The van der Waals surface area contributed by atoms with Crippen molar-refractivity contribution in [3.05, 3.63) is 48.3 Å². The van der Waals surface area contributed by atoms with Crippen LogP contribution in [0, 0.1) is 13.8 Å². The monoisotopic (exact) mass is 324 g/mol. The number of aromatic nitrogens is 1. The van der Waals surface area contributed by atoms with Crippen LogP contribution in [0.5, 0.6) is 0 Å². The first-order valence-electron chi connectivity index (χ1n) is 6.56. The minimum atomic E-state index is 0. The predicted molar refractivity (Wildman–Crippen MR) is 96.0 cm³/mol. The number of rotatable bonds is 5. The summed E-state index contributed by atoms with van der Waals surface area (Å²) in [7, 11) is 0. The summed E-state index contributed by atoms with van der Waals surface area (Å²) in [4.78, 5) is 4.33. The van der Waals surface area contributed by atoms with Crippen molar-refractivity contribution < 1.29 is 0 Å². The van der Waals surface area contributed by atoms with E-state index in [0.717, 1.165) is 23.2 Å². The van der Waals surface area contributed by atoms with E-state index >= 15 is 0 Å². The number of hydrogen-bond acceptors (Lipinski definition) is 3. The molecule has 0 aromatic carbocycles. The Kier molecular flexibility index (Phi) is 6.78. The van der Waals surface area contributed by atoms with Gasteiger partial charge in [-0.2, -0.15) is 5.10 Å². The summed E-state index contributed by atoms with van der Waals surface area (Å²) in [6.45, 7) is 13.2. The zero-order valence-corrected chi connectivity index (χ0v) is 14.1. The Hall–Kier alpha value is -1.46. The van der Waals surface area contributed by atoms with Crippen LogP contribution in [-0.4, -0.2) is 27.7 Å². The molecule has 114 valence electrons. The average Bonchev–Trinajstić information content (AvgIpc) is 2.74. The molecule has 0 bridgehead atoms. The Bertz CT molecular complexity index is 587. The summed E-state index contributed by atoms with van der Waals surface area (Å²) in [6.07, 6.45) is 3.69. The Morgan fingerprint density at radius 1 is 1.43 bits per heavy atom. The van der Waals surface area contributed by atoms with Gasteiger partial charge in [-0.25, -0.2) is 0 Å². The summed E-state index contributed by atoms with van der Waals surface area (Å²) < 4.78 is 2.25. The lowest BCUT2D eigenvalue weighted by molar-refractivity contribution is 0.768. The SMILES string of the molecule is C=CCN=C1NN=C(c2cc(C)n(CC=C)c2C)CS1.Cl. The van der Waals surface area contributed by atoms with Gasteiger partial charge in [-0.1, -0.05) is 23.9 Å². The maximum absolute atomic E-state index is 4.45. The lowest BCUT2D eigenvalue weighted by Gasteiger charge is -2.15. The molecule has 0 atom stereocenters.